The van der Waals surface area contributed by atoms with Crippen LogP contribution < -0.4 is 0 Å². The summed E-state index contributed by atoms with van der Waals surface area (Å²) in [5.41, 5.74) is 1.90. The van der Waals surface area contributed by atoms with Gasteiger partial charge in [0.1, 0.15) is 5.69 Å². The predicted molar refractivity (Wildman–Crippen MR) is 73.7 cm³/mol. The molecule has 1 fully saturated rings. The monoisotopic (exact) mass is 257 g/mol. The highest BCUT2D eigenvalue weighted by Crippen LogP contribution is 2.31. The molecule has 0 unspecified atom stereocenters. The Hall–Kier alpha value is -1.68. The van der Waals surface area contributed by atoms with E-state index >= 15 is 0 Å². The number of aliphatic hydroxyl groups is 1. The first kappa shape index (κ1) is 12.4. The topological polar surface area (TPSA) is 50.9 Å². The van der Waals surface area contributed by atoms with E-state index in [9.17, 15) is 5.11 Å². The van der Waals surface area contributed by atoms with Crippen LogP contribution in [0.1, 0.15) is 37.4 Å². The maximum atomic E-state index is 9.83. The van der Waals surface area contributed by atoms with Crippen LogP contribution in [-0.2, 0) is 0 Å². The van der Waals surface area contributed by atoms with Crippen molar-refractivity contribution in [2.24, 2.45) is 0 Å². The van der Waals surface area contributed by atoms with Gasteiger partial charge in [0.2, 0.25) is 0 Å². The number of nitrogens with zero attached hydrogens (tertiary/aromatic N) is 3. The number of rotatable bonds is 2. The van der Waals surface area contributed by atoms with Gasteiger partial charge in [0.05, 0.1) is 6.10 Å². The van der Waals surface area contributed by atoms with Crippen molar-refractivity contribution in [1.29, 1.82) is 0 Å². The predicted octanol–water partition coefficient (Wildman–Crippen LogP) is 2.73. The summed E-state index contributed by atoms with van der Waals surface area (Å²) >= 11 is 0. The molecule has 0 amide bonds. The molecule has 0 aromatic carbocycles. The zero-order valence-electron chi connectivity index (χ0n) is 11.2. The standard InChI is InChI=1S/C15H19N3O/c1-11-4-2-7-14(17-11)15-16-8-9-18(15)12-5-3-6-13(19)10-12/h2,4,7-9,12-13,19H,3,5-6,10H2,1H3/t12-,13+/m1/s1. The second-order valence-electron chi connectivity index (χ2n) is 5.30. The van der Waals surface area contributed by atoms with Gasteiger partial charge in [-0.05, 0) is 44.7 Å². The quantitative estimate of drug-likeness (QED) is 0.900. The SMILES string of the molecule is Cc1cccc(-c2nccn2[C@@H]2CCC[C@H](O)C2)n1. The normalized spacial score (nSPS) is 23.5. The third-order valence-corrected chi connectivity index (χ3v) is 3.80. The van der Waals surface area contributed by atoms with Crippen LogP contribution in [0.15, 0.2) is 30.6 Å². The van der Waals surface area contributed by atoms with Crippen molar-refractivity contribution in [3.05, 3.63) is 36.3 Å². The van der Waals surface area contributed by atoms with Crippen molar-refractivity contribution in [3.63, 3.8) is 0 Å². The first-order valence-electron chi connectivity index (χ1n) is 6.89. The smallest absolute Gasteiger partial charge is 0.158 e. The van der Waals surface area contributed by atoms with Gasteiger partial charge in [0.25, 0.3) is 0 Å². The third-order valence-electron chi connectivity index (χ3n) is 3.80. The van der Waals surface area contributed by atoms with Gasteiger partial charge < -0.3 is 9.67 Å². The fourth-order valence-electron chi connectivity index (χ4n) is 2.87. The van der Waals surface area contributed by atoms with Gasteiger partial charge in [-0.3, -0.25) is 0 Å². The summed E-state index contributed by atoms with van der Waals surface area (Å²) in [5.74, 6) is 0.905. The van der Waals surface area contributed by atoms with E-state index in [0.29, 0.717) is 6.04 Å². The molecule has 2 aromatic heterocycles. The molecule has 4 heteroatoms. The van der Waals surface area contributed by atoms with E-state index in [1.165, 1.54) is 0 Å². The zero-order valence-corrected chi connectivity index (χ0v) is 11.2. The Labute approximate surface area is 113 Å². The van der Waals surface area contributed by atoms with E-state index in [2.05, 4.69) is 14.5 Å². The average Bonchev–Trinajstić information content (AvgIpc) is 2.88. The number of hydrogen-bond acceptors (Lipinski definition) is 3. The van der Waals surface area contributed by atoms with E-state index < -0.39 is 0 Å². The molecule has 0 bridgehead atoms. The molecule has 3 rings (SSSR count). The molecule has 2 aromatic rings. The number of aliphatic hydroxyl groups excluding tert-OH is 1. The summed E-state index contributed by atoms with van der Waals surface area (Å²) in [6, 6.07) is 6.32. The van der Waals surface area contributed by atoms with Gasteiger partial charge in [-0.1, -0.05) is 6.07 Å². The second kappa shape index (κ2) is 5.13. The molecule has 4 nitrogen and oxygen atoms in total. The molecule has 2 heterocycles. The van der Waals surface area contributed by atoms with Gasteiger partial charge in [-0.2, -0.15) is 0 Å². The Kier molecular flexibility index (Phi) is 3.34. The van der Waals surface area contributed by atoms with E-state index in [0.717, 1.165) is 42.9 Å². The van der Waals surface area contributed by atoms with Crippen LogP contribution in [0.25, 0.3) is 11.5 Å². The number of hydrogen-bond donors (Lipinski definition) is 1. The fraction of sp³-hybridized carbons (Fsp3) is 0.467. The largest absolute Gasteiger partial charge is 0.393 e. The summed E-state index contributed by atoms with van der Waals surface area (Å²) in [4.78, 5) is 8.99. The minimum absolute atomic E-state index is 0.181. The highest BCUT2D eigenvalue weighted by atomic mass is 16.3. The van der Waals surface area contributed by atoms with Crippen molar-refractivity contribution >= 4 is 0 Å². The van der Waals surface area contributed by atoms with Crippen molar-refractivity contribution in [1.82, 2.24) is 14.5 Å². The van der Waals surface area contributed by atoms with Gasteiger partial charge >= 0.3 is 0 Å². The highest BCUT2D eigenvalue weighted by Gasteiger charge is 2.23. The van der Waals surface area contributed by atoms with Crippen LogP contribution in [-0.4, -0.2) is 25.7 Å². The number of imidazole rings is 1. The van der Waals surface area contributed by atoms with E-state index in [-0.39, 0.29) is 6.10 Å². The molecule has 0 spiro atoms. The molecule has 19 heavy (non-hydrogen) atoms. The van der Waals surface area contributed by atoms with Crippen molar-refractivity contribution < 1.29 is 5.11 Å². The first-order chi connectivity index (χ1) is 9.24. The van der Waals surface area contributed by atoms with Crippen LogP contribution in [0, 0.1) is 6.92 Å². The molecule has 1 aliphatic carbocycles. The summed E-state index contributed by atoms with van der Waals surface area (Å²) < 4.78 is 2.17. The Morgan fingerprint density at radius 1 is 1.32 bits per heavy atom. The fourth-order valence-corrected chi connectivity index (χ4v) is 2.87. The minimum atomic E-state index is -0.181. The highest BCUT2D eigenvalue weighted by molar-refractivity contribution is 5.50. The van der Waals surface area contributed by atoms with Crippen LogP contribution in [0.5, 0.6) is 0 Å². The molecule has 0 aliphatic heterocycles. The third kappa shape index (κ3) is 2.54. The van der Waals surface area contributed by atoms with Gasteiger partial charge in [0, 0.05) is 24.1 Å². The maximum Gasteiger partial charge on any atom is 0.158 e. The minimum Gasteiger partial charge on any atom is -0.393 e. The van der Waals surface area contributed by atoms with Crippen molar-refractivity contribution in [3.8, 4) is 11.5 Å². The Morgan fingerprint density at radius 2 is 2.21 bits per heavy atom. The lowest BCUT2D eigenvalue weighted by Crippen LogP contribution is -2.22. The zero-order chi connectivity index (χ0) is 13.2. The summed E-state index contributed by atoms with van der Waals surface area (Å²) in [6.07, 6.45) is 7.55. The number of aryl methyl sites for hydroxylation is 1. The van der Waals surface area contributed by atoms with Crippen LogP contribution in [0.4, 0.5) is 0 Å². The van der Waals surface area contributed by atoms with E-state index in [1.54, 1.807) is 0 Å². The summed E-state index contributed by atoms with van der Waals surface area (Å²) in [5, 5.41) is 9.83. The molecule has 2 atom stereocenters. The van der Waals surface area contributed by atoms with E-state index in [1.807, 2.05) is 37.5 Å². The number of pyridine rings is 1. The average molecular weight is 257 g/mol. The summed E-state index contributed by atoms with van der Waals surface area (Å²) in [7, 11) is 0. The lowest BCUT2D eigenvalue weighted by Gasteiger charge is -2.28. The molecule has 1 aliphatic rings. The molecular formula is C15H19N3O. The van der Waals surface area contributed by atoms with Gasteiger partial charge in [0.15, 0.2) is 5.82 Å². The van der Waals surface area contributed by atoms with Crippen LogP contribution >= 0.6 is 0 Å². The molecule has 0 radical (unpaired) electrons. The van der Waals surface area contributed by atoms with Crippen LogP contribution in [0.3, 0.4) is 0 Å². The molecule has 1 saturated carbocycles. The van der Waals surface area contributed by atoms with E-state index in [4.69, 9.17) is 0 Å². The molecule has 0 saturated heterocycles. The Balaban J connectivity index is 1.94. The molecular weight excluding hydrogens is 238 g/mol. The first-order valence-corrected chi connectivity index (χ1v) is 6.89. The molecule has 100 valence electrons. The maximum absolute atomic E-state index is 9.83. The lowest BCUT2D eigenvalue weighted by atomic mass is 9.93. The van der Waals surface area contributed by atoms with Gasteiger partial charge in [-0.25, -0.2) is 9.97 Å². The van der Waals surface area contributed by atoms with Crippen LogP contribution in [0.2, 0.25) is 0 Å². The summed E-state index contributed by atoms with van der Waals surface area (Å²) in [6.45, 7) is 1.99. The van der Waals surface area contributed by atoms with Gasteiger partial charge in [-0.15, -0.1) is 0 Å². The second-order valence-corrected chi connectivity index (χ2v) is 5.30. The lowest BCUT2D eigenvalue weighted by molar-refractivity contribution is 0.104. The molecule has 1 N–H and O–H groups in total. The van der Waals surface area contributed by atoms with Crippen molar-refractivity contribution in [2.75, 3.05) is 0 Å². The Bertz CT molecular complexity index is 564. The Morgan fingerprint density at radius 3 is 3.00 bits per heavy atom. The number of aromatic nitrogens is 3. The van der Waals surface area contributed by atoms with Crippen molar-refractivity contribution in [2.45, 2.75) is 44.8 Å².